The Kier molecular flexibility index (Phi) is 6.69. The summed E-state index contributed by atoms with van der Waals surface area (Å²) in [5.74, 6) is 0.604. The van der Waals surface area contributed by atoms with Gasteiger partial charge in [0, 0.05) is 42.1 Å². The van der Waals surface area contributed by atoms with Gasteiger partial charge in [-0.2, -0.15) is 0 Å². The standard InChI is InChI=1S/C25H35N3O2/c1-16(2)19(5)26-24(29)21-11-13-27(14-12-21)25(30)22-15-18(4)28(20(22)6)23-10-8-7-9-17(23)3/h7-10,15-16,19,21H,11-14H2,1-6H3,(H,26,29). The van der Waals surface area contributed by atoms with Gasteiger partial charge in [-0.15, -0.1) is 0 Å². The number of hydrogen-bond donors (Lipinski definition) is 1. The van der Waals surface area contributed by atoms with Gasteiger partial charge in [0.05, 0.1) is 5.56 Å². The number of aryl methyl sites for hydroxylation is 2. The van der Waals surface area contributed by atoms with Crippen LogP contribution < -0.4 is 5.32 Å². The second kappa shape index (κ2) is 9.07. The highest BCUT2D eigenvalue weighted by atomic mass is 16.2. The van der Waals surface area contributed by atoms with Crippen LogP contribution in [-0.4, -0.2) is 40.4 Å². The summed E-state index contributed by atoms with van der Waals surface area (Å²) in [4.78, 5) is 27.7. The average Bonchev–Trinajstić information content (AvgIpc) is 3.02. The van der Waals surface area contributed by atoms with Crippen molar-refractivity contribution in [3.8, 4) is 5.69 Å². The Bertz CT molecular complexity index is 920. The third-order valence-corrected chi connectivity index (χ3v) is 6.54. The van der Waals surface area contributed by atoms with Gasteiger partial charge in [-0.25, -0.2) is 0 Å². The molecule has 1 saturated heterocycles. The van der Waals surface area contributed by atoms with Crippen LogP contribution in [0.3, 0.4) is 0 Å². The van der Waals surface area contributed by atoms with Gasteiger partial charge in [0.2, 0.25) is 5.91 Å². The van der Waals surface area contributed by atoms with Gasteiger partial charge in [0.1, 0.15) is 0 Å². The highest BCUT2D eigenvalue weighted by molar-refractivity contribution is 5.96. The quantitative estimate of drug-likeness (QED) is 0.795. The van der Waals surface area contributed by atoms with E-state index in [0.717, 1.165) is 35.5 Å². The molecule has 0 radical (unpaired) electrons. The Hall–Kier alpha value is -2.56. The topological polar surface area (TPSA) is 54.3 Å². The molecule has 0 bridgehead atoms. The number of benzene rings is 1. The molecule has 5 heteroatoms. The molecule has 3 rings (SSSR count). The van der Waals surface area contributed by atoms with E-state index in [-0.39, 0.29) is 23.8 Å². The zero-order chi connectivity index (χ0) is 22.0. The van der Waals surface area contributed by atoms with Crippen LogP contribution in [0.1, 0.15) is 60.9 Å². The summed E-state index contributed by atoms with van der Waals surface area (Å²) < 4.78 is 2.16. The maximum absolute atomic E-state index is 13.3. The van der Waals surface area contributed by atoms with Crippen LogP contribution in [0.4, 0.5) is 0 Å². The number of amides is 2. The largest absolute Gasteiger partial charge is 0.353 e. The van der Waals surface area contributed by atoms with Gasteiger partial charge in [-0.3, -0.25) is 9.59 Å². The van der Waals surface area contributed by atoms with Crippen LogP contribution in [0.2, 0.25) is 0 Å². The first-order valence-corrected chi connectivity index (χ1v) is 11.0. The zero-order valence-electron chi connectivity index (χ0n) is 19.2. The normalized spacial score (nSPS) is 16.0. The van der Waals surface area contributed by atoms with Gasteiger partial charge in [-0.05, 0) is 64.2 Å². The molecule has 162 valence electrons. The van der Waals surface area contributed by atoms with Crippen molar-refractivity contribution in [2.75, 3.05) is 13.1 Å². The van der Waals surface area contributed by atoms with E-state index in [1.165, 1.54) is 5.56 Å². The van der Waals surface area contributed by atoms with Crippen molar-refractivity contribution in [3.05, 3.63) is 52.8 Å². The molecular weight excluding hydrogens is 374 g/mol. The summed E-state index contributed by atoms with van der Waals surface area (Å²) in [5.41, 5.74) is 5.08. The Morgan fingerprint density at radius 1 is 1.03 bits per heavy atom. The van der Waals surface area contributed by atoms with Crippen LogP contribution in [0.25, 0.3) is 5.69 Å². The maximum Gasteiger partial charge on any atom is 0.255 e. The van der Waals surface area contributed by atoms with E-state index >= 15 is 0 Å². The van der Waals surface area contributed by atoms with Crippen molar-refractivity contribution in [3.63, 3.8) is 0 Å². The number of piperidine rings is 1. The van der Waals surface area contributed by atoms with Crippen molar-refractivity contribution in [2.45, 2.75) is 60.4 Å². The van der Waals surface area contributed by atoms with Gasteiger partial charge in [0.15, 0.2) is 0 Å². The average molecular weight is 410 g/mol. The zero-order valence-corrected chi connectivity index (χ0v) is 19.2. The number of nitrogens with one attached hydrogen (secondary N) is 1. The van der Waals surface area contributed by atoms with E-state index in [1.807, 2.05) is 43.9 Å². The summed E-state index contributed by atoms with van der Waals surface area (Å²) in [6, 6.07) is 10.4. The number of likely N-dealkylation sites (tertiary alicyclic amines) is 1. The Morgan fingerprint density at radius 3 is 2.27 bits per heavy atom. The number of aromatic nitrogens is 1. The lowest BCUT2D eigenvalue weighted by molar-refractivity contribution is -0.127. The molecule has 2 aromatic rings. The fraction of sp³-hybridized carbons (Fsp3) is 0.520. The molecule has 5 nitrogen and oxygen atoms in total. The lowest BCUT2D eigenvalue weighted by Crippen LogP contribution is -2.45. The molecule has 1 aromatic carbocycles. The number of carbonyl (C=O) groups excluding carboxylic acids is 2. The smallest absolute Gasteiger partial charge is 0.255 e. The fourth-order valence-electron chi connectivity index (χ4n) is 4.19. The summed E-state index contributed by atoms with van der Waals surface area (Å²) in [6.45, 7) is 13.7. The first-order chi connectivity index (χ1) is 14.2. The SMILES string of the molecule is Cc1ccccc1-n1c(C)cc(C(=O)N2CCC(C(=O)NC(C)C(C)C)CC2)c1C. The lowest BCUT2D eigenvalue weighted by Gasteiger charge is -2.32. The predicted octanol–water partition coefficient (Wildman–Crippen LogP) is 4.42. The number of carbonyl (C=O) groups is 2. The lowest BCUT2D eigenvalue weighted by atomic mass is 9.94. The third kappa shape index (κ3) is 4.45. The molecule has 2 amide bonds. The van der Waals surface area contributed by atoms with Crippen LogP contribution in [0.15, 0.2) is 30.3 Å². The first kappa shape index (κ1) is 22.1. The molecule has 1 N–H and O–H groups in total. The minimum atomic E-state index is -0.00495. The number of hydrogen-bond acceptors (Lipinski definition) is 2. The second-order valence-corrected chi connectivity index (χ2v) is 9.01. The molecule has 1 fully saturated rings. The summed E-state index contributed by atoms with van der Waals surface area (Å²) in [6.07, 6.45) is 1.44. The van der Waals surface area contributed by atoms with Crippen molar-refractivity contribution in [1.29, 1.82) is 0 Å². The van der Waals surface area contributed by atoms with Gasteiger partial charge >= 0.3 is 0 Å². The molecule has 1 aromatic heterocycles. The summed E-state index contributed by atoms with van der Waals surface area (Å²) in [7, 11) is 0. The Balaban J connectivity index is 1.70. The minimum absolute atomic E-state index is 0.00495. The van der Waals surface area contributed by atoms with Crippen molar-refractivity contribution >= 4 is 11.8 Å². The Morgan fingerprint density at radius 2 is 1.67 bits per heavy atom. The molecule has 1 aliphatic rings. The third-order valence-electron chi connectivity index (χ3n) is 6.54. The highest BCUT2D eigenvalue weighted by Crippen LogP contribution is 2.26. The number of nitrogens with zero attached hydrogens (tertiary/aromatic N) is 2. The van der Waals surface area contributed by atoms with E-state index < -0.39 is 0 Å². The summed E-state index contributed by atoms with van der Waals surface area (Å²) >= 11 is 0. The first-order valence-electron chi connectivity index (χ1n) is 11.0. The minimum Gasteiger partial charge on any atom is -0.353 e. The molecule has 0 aliphatic carbocycles. The molecule has 0 spiro atoms. The van der Waals surface area contributed by atoms with E-state index in [4.69, 9.17) is 0 Å². The molecular formula is C25H35N3O2. The maximum atomic E-state index is 13.3. The van der Waals surface area contributed by atoms with E-state index in [9.17, 15) is 9.59 Å². The Labute approximate surface area is 180 Å². The fourth-order valence-corrected chi connectivity index (χ4v) is 4.19. The van der Waals surface area contributed by atoms with Crippen LogP contribution in [0.5, 0.6) is 0 Å². The molecule has 1 unspecified atom stereocenters. The van der Waals surface area contributed by atoms with Crippen LogP contribution in [0, 0.1) is 32.6 Å². The van der Waals surface area contributed by atoms with Crippen molar-refractivity contribution < 1.29 is 9.59 Å². The molecule has 1 aliphatic heterocycles. The molecule has 30 heavy (non-hydrogen) atoms. The number of para-hydroxylation sites is 1. The number of rotatable bonds is 5. The molecule has 0 saturated carbocycles. The van der Waals surface area contributed by atoms with E-state index in [1.54, 1.807) is 0 Å². The molecule has 1 atom stereocenters. The van der Waals surface area contributed by atoms with Crippen LogP contribution >= 0.6 is 0 Å². The van der Waals surface area contributed by atoms with Gasteiger partial charge < -0.3 is 14.8 Å². The highest BCUT2D eigenvalue weighted by Gasteiger charge is 2.30. The second-order valence-electron chi connectivity index (χ2n) is 9.01. The summed E-state index contributed by atoms with van der Waals surface area (Å²) in [5, 5.41) is 3.12. The van der Waals surface area contributed by atoms with Gasteiger partial charge in [-0.1, -0.05) is 32.0 Å². The van der Waals surface area contributed by atoms with Crippen LogP contribution in [-0.2, 0) is 4.79 Å². The van der Waals surface area contributed by atoms with E-state index in [0.29, 0.717) is 19.0 Å². The van der Waals surface area contributed by atoms with Crippen molar-refractivity contribution in [1.82, 2.24) is 14.8 Å². The van der Waals surface area contributed by atoms with Crippen molar-refractivity contribution in [2.24, 2.45) is 11.8 Å². The predicted molar refractivity (Wildman–Crippen MR) is 121 cm³/mol. The molecule has 2 heterocycles. The van der Waals surface area contributed by atoms with Gasteiger partial charge in [0.25, 0.3) is 5.91 Å². The monoisotopic (exact) mass is 409 g/mol. The van der Waals surface area contributed by atoms with E-state index in [2.05, 4.69) is 42.8 Å².